The largest absolute Gasteiger partial charge is 0.705 e. The minimum atomic E-state index is -2.10. The summed E-state index contributed by atoms with van der Waals surface area (Å²) in [5, 5.41) is 6.08. The van der Waals surface area contributed by atoms with Crippen molar-refractivity contribution in [3.63, 3.8) is 0 Å². The summed E-state index contributed by atoms with van der Waals surface area (Å²) in [7, 11) is 0. The molecule has 1 aliphatic rings. The lowest BCUT2D eigenvalue weighted by Crippen LogP contribution is -2.27. The molecule has 0 spiro atoms. The molecule has 1 aliphatic heterocycles. The van der Waals surface area contributed by atoms with Crippen LogP contribution in [-0.4, -0.2) is 4.99 Å². The molecule has 6 heteroatoms. The predicted molar refractivity (Wildman–Crippen MR) is 66.6 cm³/mol. The van der Waals surface area contributed by atoms with Crippen LogP contribution in [0.2, 0.25) is 0 Å². The highest BCUT2D eigenvalue weighted by molar-refractivity contribution is 8.55. The van der Waals surface area contributed by atoms with Crippen LogP contribution in [0.15, 0.2) is 24.3 Å². The molecule has 0 bridgehead atoms. The van der Waals surface area contributed by atoms with Gasteiger partial charge in [-0.3, -0.25) is 0 Å². The van der Waals surface area contributed by atoms with E-state index in [1.54, 1.807) is 0 Å². The average Bonchev–Trinajstić information content (AvgIpc) is 2.02. The zero-order valence-corrected chi connectivity index (χ0v) is 9.83. The van der Waals surface area contributed by atoms with Crippen molar-refractivity contribution in [1.29, 1.82) is 0 Å². The Hall–Kier alpha value is -0.0900. The summed E-state index contributed by atoms with van der Waals surface area (Å²) in [6, 6.07) is 7.76. The number of fused-ring (bicyclic) bond motifs is 1. The molecule has 0 aromatic heterocycles. The number of para-hydroxylation sites is 1. The van der Waals surface area contributed by atoms with E-state index in [0.29, 0.717) is 4.99 Å². The van der Waals surface area contributed by atoms with E-state index in [2.05, 4.69) is 10.2 Å². The second-order valence-corrected chi connectivity index (χ2v) is 8.59. The molecule has 0 saturated carbocycles. The molecule has 0 amide bonds. The van der Waals surface area contributed by atoms with Crippen molar-refractivity contribution in [2.45, 2.75) is 0 Å². The molecule has 1 unspecified atom stereocenters. The summed E-state index contributed by atoms with van der Waals surface area (Å²) in [6.07, 6.45) is 0. The van der Waals surface area contributed by atoms with Crippen molar-refractivity contribution < 1.29 is 0 Å². The van der Waals surface area contributed by atoms with E-state index in [4.69, 9.17) is 36.3 Å². The van der Waals surface area contributed by atoms with E-state index in [0.717, 1.165) is 11.3 Å². The Morgan fingerprint density at radius 1 is 1.23 bits per heavy atom. The zero-order chi connectivity index (χ0) is 9.47. The number of hydrogen-bond acceptors (Lipinski definition) is 3. The third kappa shape index (κ3) is 1.89. The van der Waals surface area contributed by atoms with E-state index in [-0.39, 0.29) is 0 Å². The number of rotatable bonds is 0. The molecule has 2 N–H and O–H groups in total. The molecule has 0 saturated heterocycles. The fourth-order valence-corrected chi connectivity index (χ4v) is 4.19. The van der Waals surface area contributed by atoms with E-state index >= 15 is 0 Å². The lowest BCUT2D eigenvalue weighted by Gasteiger charge is -2.38. The first-order valence-corrected chi connectivity index (χ1v) is 7.82. The Bertz CT molecular complexity index is 418. The quantitative estimate of drug-likeness (QED) is 0.414. The van der Waals surface area contributed by atoms with Crippen LogP contribution in [0.4, 0.5) is 5.69 Å². The van der Waals surface area contributed by atoms with Crippen molar-refractivity contribution in [3.8, 4) is 0 Å². The van der Waals surface area contributed by atoms with Crippen LogP contribution in [0.3, 0.4) is 0 Å². The van der Waals surface area contributed by atoms with Crippen molar-refractivity contribution in [2.24, 2.45) is 0 Å². The average molecular weight is 245 g/mol. The second-order valence-electron chi connectivity index (χ2n) is 2.65. The number of anilines is 1. The molecular weight excluding hydrogens is 239 g/mol. The predicted octanol–water partition coefficient (Wildman–Crippen LogP) is 2.15. The Labute approximate surface area is 92.4 Å². The summed E-state index contributed by atoms with van der Waals surface area (Å²) < 4.78 is 0. The Morgan fingerprint density at radius 2 is 1.92 bits per heavy atom. The summed E-state index contributed by atoms with van der Waals surface area (Å²) in [6.45, 7) is 0. The maximum absolute atomic E-state index is 5.16. The molecule has 0 aliphatic carbocycles. The maximum Gasteiger partial charge on any atom is 0.112 e. The van der Waals surface area contributed by atoms with Gasteiger partial charge in [0.1, 0.15) is 4.99 Å². The van der Waals surface area contributed by atoms with Crippen LogP contribution in [0.25, 0.3) is 0 Å². The molecule has 13 heavy (non-hydrogen) atoms. The molecule has 1 atom stereocenters. The highest BCUT2D eigenvalue weighted by atomic mass is 32.9. The molecule has 1 aromatic rings. The summed E-state index contributed by atoms with van der Waals surface area (Å²) in [5.41, 5.74) is -0.176. The minimum Gasteiger partial charge on any atom is -0.705 e. The van der Waals surface area contributed by atoms with Gasteiger partial charge < -0.3 is 22.4 Å². The normalized spacial score (nSPS) is 25.8. The first-order chi connectivity index (χ1) is 6.08. The van der Waals surface area contributed by atoms with Gasteiger partial charge in [-0.1, -0.05) is 36.2 Å². The van der Waals surface area contributed by atoms with E-state index in [9.17, 15) is 0 Å². The van der Waals surface area contributed by atoms with Gasteiger partial charge in [0.2, 0.25) is 0 Å². The van der Waals surface area contributed by atoms with Crippen LogP contribution in [0.1, 0.15) is 5.56 Å². The van der Waals surface area contributed by atoms with Crippen molar-refractivity contribution in [2.75, 3.05) is 5.09 Å². The number of benzene rings is 1. The lowest BCUT2D eigenvalue weighted by atomic mass is 10.2. The minimum absolute atomic E-state index is 0.660. The topological polar surface area (TPSA) is 24.1 Å². The third-order valence-electron chi connectivity index (χ3n) is 1.69. The molecule has 1 heterocycles. The third-order valence-corrected chi connectivity index (χ3v) is 4.31. The molecule has 0 radical (unpaired) electrons. The standard InChI is InChI=1S/C7H7N2PS3/c11-7-5-3-1-2-4-6(5)8-10(12,13)9-7/h1-4H,(H3,8,9,11,12,13)/p-1. The summed E-state index contributed by atoms with van der Waals surface area (Å²) in [4.78, 5) is 0.660. The molecule has 2 nitrogen and oxygen atoms in total. The molecular formula is C7H6N2PS3-. The zero-order valence-electron chi connectivity index (χ0n) is 6.48. The summed E-state index contributed by atoms with van der Waals surface area (Å²) >= 11 is 15.5. The maximum atomic E-state index is 5.16. The van der Waals surface area contributed by atoms with Gasteiger partial charge in [-0.25, -0.2) is 0 Å². The summed E-state index contributed by atoms with van der Waals surface area (Å²) in [5.74, 6) is 0. The fourth-order valence-electron chi connectivity index (χ4n) is 1.16. The smallest absolute Gasteiger partial charge is 0.112 e. The van der Waals surface area contributed by atoms with Gasteiger partial charge in [-0.05, 0) is 17.7 Å². The Balaban J connectivity index is 2.55. The number of nitrogens with one attached hydrogen (secondary N) is 2. The highest BCUT2D eigenvalue weighted by Gasteiger charge is 2.16. The molecule has 1 aromatic carbocycles. The van der Waals surface area contributed by atoms with Gasteiger partial charge in [0, 0.05) is 11.3 Å². The van der Waals surface area contributed by atoms with Crippen molar-refractivity contribution in [3.05, 3.63) is 29.8 Å². The molecule has 2 rings (SSSR count). The fraction of sp³-hybridized carbons (Fsp3) is 0. The van der Waals surface area contributed by atoms with Crippen LogP contribution in [0.5, 0.6) is 0 Å². The first-order valence-electron chi connectivity index (χ1n) is 3.59. The van der Waals surface area contributed by atoms with Crippen molar-refractivity contribution >= 4 is 52.5 Å². The first kappa shape index (κ1) is 9.46. The van der Waals surface area contributed by atoms with Crippen LogP contribution >= 0.6 is 17.8 Å². The molecule has 68 valence electrons. The number of hydrogen-bond donors (Lipinski definition) is 2. The van der Waals surface area contributed by atoms with Crippen molar-refractivity contribution in [1.82, 2.24) is 5.09 Å². The van der Waals surface area contributed by atoms with Gasteiger partial charge in [-0.15, -0.1) is 0 Å². The van der Waals surface area contributed by atoms with Crippen LogP contribution in [0, 0.1) is 0 Å². The van der Waals surface area contributed by atoms with E-state index in [1.165, 1.54) is 0 Å². The van der Waals surface area contributed by atoms with Crippen LogP contribution in [-0.2, 0) is 24.1 Å². The number of thiocarbonyl (C=S) groups is 1. The van der Waals surface area contributed by atoms with E-state index < -0.39 is 5.54 Å². The van der Waals surface area contributed by atoms with Gasteiger partial charge >= 0.3 is 0 Å². The Kier molecular flexibility index (Phi) is 2.36. The SMILES string of the molecule is S=C1NP(=S)([S-])Nc2ccccc21. The van der Waals surface area contributed by atoms with Gasteiger partial charge in [0.25, 0.3) is 0 Å². The highest BCUT2D eigenvalue weighted by Crippen LogP contribution is 2.43. The van der Waals surface area contributed by atoms with Gasteiger partial charge in [0.15, 0.2) is 0 Å². The van der Waals surface area contributed by atoms with Gasteiger partial charge in [0.05, 0.1) is 0 Å². The molecule has 0 fully saturated rings. The Morgan fingerprint density at radius 3 is 2.69 bits per heavy atom. The second kappa shape index (κ2) is 3.24. The van der Waals surface area contributed by atoms with Crippen LogP contribution < -0.4 is 10.2 Å². The lowest BCUT2D eigenvalue weighted by molar-refractivity contribution is 1.46. The van der Waals surface area contributed by atoms with Gasteiger partial charge in [-0.2, -0.15) is 0 Å². The van der Waals surface area contributed by atoms with E-state index in [1.807, 2.05) is 24.3 Å². The monoisotopic (exact) mass is 245 g/mol.